The second-order valence-corrected chi connectivity index (χ2v) is 5.46. The van der Waals surface area contributed by atoms with E-state index in [9.17, 15) is 9.59 Å². The molecule has 0 bridgehead atoms. The molecule has 0 aliphatic carbocycles. The van der Waals surface area contributed by atoms with E-state index in [1.54, 1.807) is 18.7 Å². The van der Waals surface area contributed by atoms with E-state index in [0.29, 0.717) is 24.2 Å². The molecule has 1 aromatic heterocycles. The summed E-state index contributed by atoms with van der Waals surface area (Å²) in [6.45, 7) is 3.81. The molecular formula is C17H21N3O3. The van der Waals surface area contributed by atoms with Crippen LogP contribution in [0.2, 0.25) is 0 Å². The number of carbonyl (C=O) groups excluding carboxylic acids is 2. The summed E-state index contributed by atoms with van der Waals surface area (Å²) in [5.74, 6) is -0.727. The molecule has 0 saturated carbocycles. The van der Waals surface area contributed by atoms with Crippen LogP contribution in [0.4, 0.5) is 5.69 Å². The molecule has 0 aliphatic rings. The van der Waals surface area contributed by atoms with Crippen molar-refractivity contribution in [3.63, 3.8) is 0 Å². The summed E-state index contributed by atoms with van der Waals surface area (Å²) < 4.78 is 6.24. The summed E-state index contributed by atoms with van der Waals surface area (Å²) in [6, 6.07) is 8.07. The molecule has 6 nitrogen and oxygen atoms in total. The van der Waals surface area contributed by atoms with Crippen LogP contribution in [-0.2, 0) is 23.0 Å². The molecule has 2 aromatic rings. The minimum Gasteiger partial charge on any atom is -0.464 e. The summed E-state index contributed by atoms with van der Waals surface area (Å²) in [5.41, 5.74) is 3.52. The minimum absolute atomic E-state index is 0.121. The number of aryl methyl sites for hydroxylation is 3. The van der Waals surface area contributed by atoms with Crippen molar-refractivity contribution in [3.05, 3.63) is 46.8 Å². The molecular weight excluding hydrogens is 294 g/mol. The number of hydrogen-bond acceptors (Lipinski definition) is 4. The van der Waals surface area contributed by atoms with Gasteiger partial charge in [0.25, 0.3) is 0 Å². The molecule has 2 rings (SSSR count). The monoisotopic (exact) mass is 315 g/mol. The molecule has 0 saturated heterocycles. The second kappa shape index (κ2) is 7.09. The molecule has 0 unspecified atom stereocenters. The lowest BCUT2D eigenvalue weighted by molar-refractivity contribution is -0.116. The first-order valence-electron chi connectivity index (χ1n) is 7.39. The molecule has 1 amide bonds. The van der Waals surface area contributed by atoms with Crippen LogP contribution in [0, 0.1) is 13.8 Å². The molecule has 0 atom stereocenters. The predicted octanol–water partition coefficient (Wildman–Crippen LogP) is 2.39. The van der Waals surface area contributed by atoms with Gasteiger partial charge in [-0.1, -0.05) is 29.8 Å². The molecule has 1 aromatic carbocycles. The van der Waals surface area contributed by atoms with Crippen LogP contribution in [0.1, 0.15) is 33.7 Å². The number of carbonyl (C=O) groups is 2. The lowest BCUT2D eigenvalue weighted by atomic mass is 10.1. The zero-order chi connectivity index (χ0) is 17.0. The fourth-order valence-corrected chi connectivity index (χ4v) is 2.21. The fourth-order valence-electron chi connectivity index (χ4n) is 2.21. The molecule has 0 radical (unpaired) electrons. The number of amides is 1. The lowest BCUT2D eigenvalue weighted by Gasteiger charge is -2.07. The van der Waals surface area contributed by atoms with E-state index in [-0.39, 0.29) is 11.6 Å². The standard InChI is InChI=1S/C17H21N3O3/c1-11-5-7-13(8-6-11)9-10-14(21)18-15-12(2)20(3)19-16(15)17(22)23-4/h5-8H,9-10H2,1-4H3,(H,18,21). The van der Waals surface area contributed by atoms with Gasteiger partial charge < -0.3 is 10.1 Å². The Morgan fingerprint density at radius 3 is 2.48 bits per heavy atom. The van der Waals surface area contributed by atoms with Crippen molar-refractivity contribution in [3.8, 4) is 0 Å². The van der Waals surface area contributed by atoms with Crippen molar-refractivity contribution in [2.75, 3.05) is 12.4 Å². The van der Waals surface area contributed by atoms with Gasteiger partial charge in [-0.25, -0.2) is 4.79 Å². The predicted molar refractivity (Wildman–Crippen MR) is 87.4 cm³/mol. The molecule has 6 heteroatoms. The molecule has 122 valence electrons. The highest BCUT2D eigenvalue weighted by Crippen LogP contribution is 2.20. The van der Waals surface area contributed by atoms with Crippen molar-refractivity contribution in [1.29, 1.82) is 0 Å². The molecule has 0 fully saturated rings. The number of esters is 1. The fraction of sp³-hybridized carbons (Fsp3) is 0.353. The van der Waals surface area contributed by atoms with Crippen LogP contribution < -0.4 is 5.32 Å². The number of rotatable bonds is 5. The van der Waals surface area contributed by atoms with Crippen LogP contribution in [0.15, 0.2) is 24.3 Å². The average molecular weight is 315 g/mol. The Hall–Kier alpha value is -2.63. The van der Waals surface area contributed by atoms with Crippen molar-refractivity contribution in [1.82, 2.24) is 9.78 Å². The highest BCUT2D eigenvalue weighted by molar-refractivity contribution is 6.00. The zero-order valence-electron chi connectivity index (χ0n) is 13.8. The summed E-state index contributed by atoms with van der Waals surface area (Å²) >= 11 is 0. The second-order valence-electron chi connectivity index (χ2n) is 5.46. The smallest absolute Gasteiger partial charge is 0.360 e. The molecule has 0 spiro atoms. The number of ether oxygens (including phenoxy) is 1. The van der Waals surface area contributed by atoms with E-state index in [1.165, 1.54) is 12.7 Å². The van der Waals surface area contributed by atoms with Gasteiger partial charge in [-0.3, -0.25) is 9.48 Å². The van der Waals surface area contributed by atoms with Gasteiger partial charge in [0.05, 0.1) is 18.5 Å². The minimum atomic E-state index is -0.567. The Morgan fingerprint density at radius 2 is 1.87 bits per heavy atom. The van der Waals surface area contributed by atoms with Gasteiger partial charge in [0.1, 0.15) is 0 Å². The van der Waals surface area contributed by atoms with Gasteiger partial charge >= 0.3 is 5.97 Å². The highest BCUT2D eigenvalue weighted by Gasteiger charge is 2.21. The van der Waals surface area contributed by atoms with Crippen LogP contribution in [-0.4, -0.2) is 28.8 Å². The third-order valence-corrected chi connectivity index (χ3v) is 3.74. The number of nitrogens with one attached hydrogen (secondary N) is 1. The van der Waals surface area contributed by atoms with E-state index in [4.69, 9.17) is 4.74 Å². The number of benzene rings is 1. The Morgan fingerprint density at radius 1 is 1.22 bits per heavy atom. The summed E-state index contributed by atoms with van der Waals surface area (Å²) in [7, 11) is 3.00. The van der Waals surface area contributed by atoms with Gasteiger partial charge in [-0.15, -0.1) is 0 Å². The molecule has 23 heavy (non-hydrogen) atoms. The Labute approximate surface area is 135 Å². The van der Waals surface area contributed by atoms with E-state index < -0.39 is 5.97 Å². The van der Waals surface area contributed by atoms with E-state index in [1.807, 2.05) is 31.2 Å². The third kappa shape index (κ3) is 3.97. The molecule has 1 heterocycles. The van der Waals surface area contributed by atoms with E-state index >= 15 is 0 Å². The van der Waals surface area contributed by atoms with Gasteiger partial charge in [0.15, 0.2) is 5.69 Å². The summed E-state index contributed by atoms with van der Waals surface area (Å²) in [5, 5.41) is 6.86. The Balaban J connectivity index is 2.05. The maximum atomic E-state index is 12.2. The first-order valence-corrected chi connectivity index (χ1v) is 7.39. The quantitative estimate of drug-likeness (QED) is 0.860. The van der Waals surface area contributed by atoms with Crippen LogP contribution in [0.25, 0.3) is 0 Å². The van der Waals surface area contributed by atoms with Crippen molar-refractivity contribution >= 4 is 17.6 Å². The number of anilines is 1. The van der Waals surface area contributed by atoms with Crippen molar-refractivity contribution in [2.45, 2.75) is 26.7 Å². The van der Waals surface area contributed by atoms with Crippen LogP contribution >= 0.6 is 0 Å². The normalized spacial score (nSPS) is 10.4. The maximum Gasteiger partial charge on any atom is 0.360 e. The lowest BCUT2D eigenvalue weighted by Crippen LogP contribution is -2.15. The van der Waals surface area contributed by atoms with Crippen molar-refractivity contribution in [2.24, 2.45) is 7.05 Å². The van der Waals surface area contributed by atoms with Gasteiger partial charge in [-0.05, 0) is 25.8 Å². The summed E-state index contributed by atoms with van der Waals surface area (Å²) in [4.78, 5) is 23.9. The molecule has 1 N–H and O–H groups in total. The largest absolute Gasteiger partial charge is 0.464 e. The number of aromatic nitrogens is 2. The average Bonchev–Trinajstić information content (AvgIpc) is 2.82. The number of nitrogens with zero attached hydrogens (tertiary/aromatic N) is 2. The Kier molecular flexibility index (Phi) is 5.16. The van der Waals surface area contributed by atoms with Gasteiger partial charge in [0.2, 0.25) is 5.91 Å². The summed E-state index contributed by atoms with van der Waals surface area (Å²) in [6.07, 6.45) is 0.969. The number of methoxy groups -OCH3 is 1. The van der Waals surface area contributed by atoms with Crippen molar-refractivity contribution < 1.29 is 14.3 Å². The topological polar surface area (TPSA) is 73.2 Å². The first-order chi connectivity index (χ1) is 10.9. The third-order valence-electron chi connectivity index (χ3n) is 3.74. The Bertz CT molecular complexity index is 717. The molecule has 0 aliphatic heterocycles. The van der Waals surface area contributed by atoms with E-state index in [0.717, 1.165) is 5.56 Å². The highest BCUT2D eigenvalue weighted by atomic mass is 16.5. The van der Waals surface area contributed by atoms with Crippen LogP contribution in [0.3, 0.4) is 0 Å². The zero-order valence-corrected chi connectivity index (χ0v) is 13.8. The van der Waals surface area contributed by atoms with Crippen LogP contribution in [0.5, 0.6) is 0 Å². The van der Waals surface area contributed by atoms with E-state index in [2.05, 4.69) is 10.4 Å². The first kappa shape index (κ1) is 16.7. The SMILES string of the molecule is COC(=O)c1nn(C)c(C)c1NC(=O)CCc1ccc(C)cc1. The number of hydrogen-bond donors (Lipinski definition) is 1. The van der Waals surface area contributed by atoms with Gasteiger partial charge in [0, 0.05) is 13.5 Å². The maximum absolute atomic E-state index is 12.2. The van der Waals surface area contributed by atoms with Gasteiger partial charge in [-0.2, -0.15) is 5.10 Å².